The lowest BCUT2D eigenvalue weighted by Gasteiger charge is -2.29. The van der Waals surface area contributed by atoms with Crippen molar-refractivity contribution in [2.24, 2.45) is 0 Å². The van der Waals surface area contributed by atoms with Gasteiger partial charge in [0.25, 0.3) is 0 Å². The van der Waals surface area contributed by atoms with E-state index in [1.807, 2.05) is 6.92 Å². The van der Waals surface area contributed by atoms with E-state index in [0.29, 0.717) is 42.0 Å². The zero-order valence-electron chi connectivity index (χ0n) is 20.7. The standard InChI is InChI=1S/C25H32ClN3O6S/c1-4-27-25(31)18(2)28(17-19-7-9-20(26)10-8-19)24(30)6-5-13-29(36(3,32)33)21-11-12-22-23(16-21)35-15-14-34-22/h7-12,16,18H,4-6,13-15,17H2,1-3H3,(H,27,31)/t18-/m1/s1. The molecule has 0 saturated heterocycles. The van der Waals surface area contributed by atoms with Crippen LogP contribution in [0.15, 0.2) is 42.5 Å². The van der Waals surface area contributed by atoms with E-state index in [1.54, 1.807) is 49.4 Å². The van der Waals surface area contributed by atoms with E-state index in [1.165, 1.54) is 9.21 Å². The summed E-state index contributed by atoms with van der Waals surface area (Å²) in [6, 6.07) is 11.3. The number of nitrogens with zero attached hydrogens (tertiary/aromatic N) is 2. The zero-order chi connectivity index (χ0) is 26.3. The van der Waals surface area contributed by atoms with Crippen molar-refractivity contribution in [3.63, 3.8) is 0 Å². The van der Waals surface area contributed by atoms with Crippen LogP contribution in [-0.2, 0) is 26.2 Å². The van der Waals surface area contributed by atoms with Crippen LogP contribution >= 0.6 is 11.6 Å². The number of benzene rings is 2. The summed E-state index contributed by atoms with van der Waals surface area (Å²) in [6.07, 6.45) is 1.45. The maximum Gasteiger partial charge on any atom is 0.242 e. The fourth-order valence-electron chi connectivity index (χ4n) is 3.88. The van der Waals surface area contributed by atoms with Crippen LogP contribution in [0.25, 0.3) is 0 Å². The summed E-state index contributed by atoms with van der Waals surface area (Å²) >= 11 is 5.98. The summed E-state index contributed by atoms with van der Waals surface area (Å²) in [7, 11) is -3.62. The van der Waals surface area contributed by atoms with Gasteiger partial charge in [-0.15, -0.1) is 0 Å². The van der Waals surface area contributed by atoms with Crippen LogP contribution in [0.3, 0.4) is 0 Å². The molecule has 1 atom stereocenters. The Morgan fingerprint density at radius 2 is 1.75 bits per heavy atom. The molecule has 3 rings (SSSR count). The quantitative estimate of drug-likeness (QED) is 0.472. The molecule has 1 heterocycles. The van der Waals surface area contributed by atoms with Crippen LogP contribution in [0.1, 0.15) is 32.3 Å². The van der Waals surface area contributed by atoms with Crippen molar-refractivity contribution in [3.8, 4) is 11.5 Å². The Hall–Kier alpha value is -2.98. The van der Waals surface area contributed by atoms with Crippen molar-refractivity contribution in [2.75, 3.05) is 36.9 Å². The van der Waals surface area contributed by atoms with Crippen molar-refractivity contribution in [3.05, 3.63) is 53.1 Å². The van der Waals surface area contributed by atoms with Crippen molar-refractivity contribution in [1.29, 1.82) is 0 Å². The van der Waals surface area contributed by atoms with Gasteiger partial charge in [-0.05, 0) is 50.1 Å². The number of likely N-dealkylation sites (N-methyl/N-ethyl adjacent to an activating group) is 1. The minimum atomic E-state index is -3.62. The number of rotatable bonds is 11. The summed E-state index contributed by atoms with van der Waals surface area (Å²) in [5.41, 5.74) is 1.26. The first-order chi connectivity index (χ1) is 17.1. The Labute approximate surface area is 217 Å². The summed E-state index contributed by atoms with van der Waals surface area (Å²) in [5, 5.41) is 3.33. The molecule has 0 aliphatic carbocycles. The molecule has 2 amide bonds. The fraction of sp³-hybridized carbons (Fsp3) is 0.440. The molecule has 0 fully saturated rings. The first-order valence-electron chi connectivity index (χ1n) is 11.8. The lowest BCUT2D eigenvalue weighted by atomic mass is 10.1. The monoisotopic (exact) mass is 537 g/mol. The molecule has 2 aromatic rings. The largest absolute Gasteiger partial charge is 0.486 e. The van der Waals surface area contributed by atoms with Gasteiger partial charge in [0.05, 0.1) is 11.9 Å². The van der Waals surface area contributed by atoms with E-state index >= 15 is 0 Å². The minimum Gasteiger partial charge on any atom is -0.486 e. The van der Waals surface area contributed by atoms with E-state index in [9.17, 15) is 18.0 Å². The average Bonchev–Trinajstić information content (AvgIpc) is 2.85. The van der Waals surface area contributed by atoms with Crippen LogP contribution in [0.4, 0.5) is 5.69 Å². The van der Waals surface area contributed by atoms with E-state index in [-0.39, 0.29) is 37.7 Å². The maximum atomic E-state index is 13.2. The van der Waals surface area contributed by atoms with Gasteiger partial charge < -0.3 is 19.7 Å². The Balaban J connectivity index is 1.72. The number of amides is 2. The average molecular weight is 538 g/mol. The van der Waals surface area contributed by atoms with Crippen LogP contribution < -0.4 is 19.1 Å². The molecular weight excluding hydrogens is 506 g/mol. The van der Waals surface area contributed by atoms with Crippen LogP contribution in [0.2, 0.25) is 5.02 Å². The highest BCUT2D eigenvalue weighted by Crippen LogP contribution is 2.34. The van der Waals surface area contributed by atoms with E-state index < -0.39 is 16.1 Å². The highest BCUT2D eigenvalue weighted by molar-refractivity contribution is 7.92. The molecule has 2 aromatic carbocycles. The summed E-state index contributed by atoms with van der Waals surface area (Å²) in [5.74, 6) is 0.535. The van der Waals surface area contributed by atoms with Crippen LogP contribution in [-0.4, -0.2) is 63.7 Å². The number of hydrogen-bond donors (Lipinski definition) is 1. The third kappa shape index (κ3) is 7.27. The minimum absolute atomic E-state index is 0.0634. The number of fused-ring (bicyclic) bond motifs is 1. The Morgan fingerprint density at radius 1 is 1.08 bits per heavy atom. The topological polar surface area (TPSA) is 105 Å². The normalized spacial score (nSPS) is 13.6. The second kappa shape index (κ2) is 12.3. The Kier molecular flexibility index (Phi) is 9.44. The number of halogens is 1. The van der Waals surface area contributed by atoms with E-state index in [2.05, 4.69) is 5.32 Å². The molecule has 11 heteroatoms. The van der Waals surface area contributed by atoms with Gasteiger partial charge in [-0.25, -0.2) is 8.42 Å². The van der Waals surface area contributed by atoms with Gasteiger partial charge in [0.1, 0.15) is 19.3 Å². The number of carbonyl (C=O) groups is 2. The first kappa shape index (κ1) is 27.6. The second-order valence-corrected chi connectivity index (χ2v) is 10.8. The lowest BCUT2D eigenvalue weighted by molar-refractivity contribution is -0.140. The van der Waals surface area contributed by atoms with E-state index in [4.69, 9.17) is 21.1 Å². The molecule has 1 aliphatic rings. The molecular formula is C25H32ClN3O6S. The molecule has 0 spiro atoms. The predicted molar refractivity (Wildman–Crippen MR) is 139 cm³/mol. The zero-order valence-corrected chi connectivity index (χ0v) is 22.3. The lowest BCUT2D eigenvalue weighted by Crippen LogP contribution is -2.47. The van der Waals surface area contributed by atoms with Crippen molar-refractivity contribution < 1.29 is 27.5 Å². The number of anilines is 1. The number of hydrogen-bond acceptors (Lipinski definition) is 6. The highest BCUT2D eigenvalue weighted by atomic mass is 35.5. The first-order valence-corrected chi connectivity index (χ1v) is 14.0. The molecule has 1 aliphatic heterocycles. The van der Waals surface area contributed by atoms with Gasteiger partial charge in [-0.3, -0.25) is 13.9 Å². The number of ether oxygens (including phenoxy) is 2. The smallest absolute Gasteiger partial charge is 0.242 e. The summed E-state index contributed by atoms with van der Waals surface area (Å²) < 4.78 is 37.4. The van der Waals surface area contributed by atoms with Crippen LogP contribution in [0, 0.1) is 0 Å². The maximum absolute atomic E-state index is 13.2. The number of sulfonamides is 1. The van der Waals surface area contributed by atoms with Gasteiger partial charge in [0.15, 0.2) is 11.5 Å². The second-order valence-electron chi connectivity index (χ2n) is 8.49. The van der Waals surface area contributed by atoms with Crippen molar-refractivity contribution >= 4 is 39.1 Å². The van der Waals surface area contributed by atoms with Gasteiger partial charge >= 0.3 is 0 Å². The summed E-state index contributed by atoms with van der Waals surface area (Å²) in [4.78, 5) is 27.3. The third-order valence-electron chi connectivity index (χ3n) is 5.75. The molecule has 0 saturated carbocycles. The Bertz CT molecular complexity index is 1170. The summed E-state index contributed by atoms with van der Waals surface area (Å²) in [6.45, 7) is 5.08. The molecule has 196 valence electrons. The fourth-order valence-corrected chi connectivity index (χ4v) is 4.97. The van der Waals surface area contributed by atoms with Gasteiger partial charge in [-0.1, -0.05) is 23.7 Å². The molecule has 0 bridgehead atoms. The van der Waals surface area contributed by atoms with Gasteiger partial charge in [-0.2, -0.15) is 0 Å². The van der Waals surface area contributed by atoms with Gasteiger partial charge in [0, 0.05) is 37.1 Å². The molecule has 0 aromatic heterocycles. The molecule has 36 heavy (non-hydrogen) atoms. The molecule has 0 unspecified atom stereocenters. The van der Waals surface area contributed by atoms with E-state index in [0.717, 1.165) is 11.8 Å². The number of carbonyl (C=O) groups excluding carboxylic acids is 2. The van der Waals surface area contributed by atoms with Crippen molar-refractivity contribution in [1.82, 2.24) is 10.2 Å². The highest BCUT2D eigenvalue weighted by Gasteiger charge is 2.27. The molecule has 0 radical (unpaired) electrons. The molecule has 9 nitrogen and oxygen atoms in total. The van der Waals surface area contributed by atoms with Crippen molar-refractivity contribution in [2.45, 2.75) is 39.3 Å². The third-order valence-corrected chi connectivity index (χ3v) is 7.20. The Morgan fingerprint density at radius 3 is 2.39 bits per heavy atom. The molecule has 1 N–H and O–H groups in total. The predicted octanol–water partition coefficient (Wildman–Crippen LogP) is 3.21. The SMILES string of the molecule is CCNC(=O)[C@@H](C)N(Cc1ccc(Cl)cc1)C(=O)CCCN(c1ccc2c(c1)OCCO2)S(C)(=O)=O. The van der Waals surface area contributed by atoms with Crippen LogP contribution in [0.5, 0.6) is 11.5 Å². The van der Waals surface area contributed by atoms with Gasteiger partial charge in [0.2, 0.25) is 21.8 Å². The number of nitrogens with one attached hydrogen (secondary N) is 1.